The molecule has 0 aliphatic rings. The molecule has 4 heteroatoms. The molecular formula is C27H22NO3+. The first kappa shape index (κ1) is 18.9. The van der Waals surface area contributed by atoms with E-state index in [4.69, 9.17) is 14.2 Å². The molecule has 2 aromatic heterocycles. The van der Waals surface area contributed by atoms with Gasteiger partial charge < -0.3 is 14.2 Å². The molecule has 0 aliphatic heterocycles. The highest BCUT2D eigenvalue weighted by molar-refractivity contribution is 5.86. The summed E-state index contributed by atoms with van der Waals surface area (Å²) in [5.74, 6) is 3.27. The Balaban J connectivity index is 1.36. The van der Waals surface area contributed by atoms with Crippen LogP contribution in [-0.2, 0) is 6.61 Å². The molecule has 0 atom stereocenters. The van der Waals surface area contributed by atoms with Gasteiger partial charge in [-0.3, -0.25) is 0 Å². The molecule has 31 heavy (non-hydrogen) atoms. The van der Waals surface area contributed by atoms with Crippen molar-refractivity contribution < 1.29 is 18.6 Å². The SMILES string of the molecule is COc1ccc[n+]2cc3ccc(OCc4cccc(Oc5ccccc5)c4)cc3cc12. The van der Waals surface area contributed by atoms with Crippen LogP contribution in [0, 0.1) is 0 Å². The third-order valence-electron chi connectivity index (χ3n) is 5.16. The number of ether oxygens (including phenoxy) is 3. The first-order valence-corrected chi connectivity index (χ1v) is 10.1. The highest BCUT2D eigenvalue weighted by Gasteiger charge is 2.11. The summed E-state index contributed by atoms with van der Waals surface area (Å²) >= 11 is 0. The van der Waals surface area contributed by atoms with Crippen LogP contribution >= 0.6 is 0 Å². The minimum atomic E-state index is 0.461. The topological polar surface area (TPSA) is 31.8 Å². The van der Waals surface area contributed by atoms with Gasteiger partial charge in [0.05, 0.1) is 7.11 Å². The molecular weight excluding hydrogens is 386 g/mol. The highest BCUT2D eigenvalue weighted by atomic mass is 16.5. The van der Waals surface area contributed by atoms with Gasteiger partial charge in [0.2, 0.25) is 0 Å². The molecule has 5 aromatic rings. The number of hydrogen-bond donors (Lipinski definition) is 0. The molecule has 0 saturated carbocycles. The van der Waals surface area contributed by atoms with Crippen LogP contribution in [0.4, 0.5) is 0 Å². The Morgan fingerprint density at radius 2 is 1.58 bits per heavy atom. The fourth-order valence-corrected chi connectivity index (χ4v) is 3.62. The Kier molecular flexibility index (Phi) is 5.11. The summed E-state index contributed by atoms with van der Waals surface area (Å²) in [5.41, 5.74) is 2.06. The molecule has 0 N–H and O–H groups in total. The standard InChI is InChI=1S/C27H22NO3/c1-29-27-11-6-14-28-18-21-12-13-24(16-22(21)17-26(27)28)30-19-20-7-5-10-25(15-20)31-23-8-3-2-4-9-23/h2-18H,19H2,1H3/q+1. The lowest BCUT2D eigenvalue weighted by molar-refractivity contribution is -0.510. The number of para-hydroxylation sites is 1. The number of pyridine rings is 2. The average molecular weight is 408 g/mol. The Labute approximate surface area is 180 Å². The van der Waals surface area contributed by atoms with Crippen LogP contribution < -0.4 is 18.6 Å². The molecule has 0 amide bonds. The zero-order valence-electron chi connectivity index (χ0n) is 17.2. The lowest BCUT2D eigenvalue weighted by atomic mass is 10.1. The van der Waals surface area contributed by atoms with Gasteiger partial charge in [-0.05, 0) is 59.5 Å². The lowest BCUT2D eigenvalue weighted by Crippen LogP contribution is -2.20. The van der Waals surface area contributed by atoms with E-state index in [1.807, 2.05) is 79.0 Å². The summed E-state index contributed by atoms with van der Waals surface area (Å²) in [6.07, 6.45) is 4.12. The van der Waals surface area contributed by atoms with Gasteiger partial charge >= 0.3 is 0 Å². The minimum absolute atomic E-state index is 0.461. The van der Waals surface area contributed by atoms with Crippen molar-refractivity contribution in [2.24, 2.45) is 0 Å². The largest absolute Gasteiger partial charge is 0.490 e. The van der Waals surface area contributed by atoms with Gasteiger partial charge in [-0.15, -0.1) is 0 Å². The second kappa shape index (κ2) is 8.36. The molecule has 5 rings (SSSR count). The Morgan fingerprint density at radius 3 is 2.45 bits per heavy atom. The Morgan fingerprint density at radius 1 is 0.710 bits per heavy atom. The molecule has 0 unspecified atom stereocenters. The van der Waals surface area contributed by atoms with Crippen LogP contribution in [0.15, 0.2) is 103 Å². The summed E-state index contributed by atoms with van der Waals surface area (Å²) < 4.78 is 19.6. The molecule has 0 radical (unpaired) electrons. The van der Waals surface area contributed by atoms with E-state index in [1.165, 1.54) is 0 Å². The third-order valence-corrected chi connectivity index (χ3v) is 5.16. The number of hydrogen-bond acceptors (Lipinski definition) is 3. The molecule has 0 aliphatic carbocycles. The number of rotatable bonds is 6. The van der Waals surface area contributed by atoms with Gasteiger partial charge in [0.1, 0.15) is 23.9 Å². The van der Waals surface area contributed by atoms with E-state index in [9.17, 15) is 0 Å². The van der Waals surface area contributed by atoms with Crippen molar-refractivity contribution >= 4 is 16.3 Å². The van der Waals surface area contributed by atoms with Crippen molar-refractivity contribution in [1.82, 2.24) is 0 Å². The number of fused-ring (bicyclic) bond motifs is 2. The number of aromatic nitrogens is 1. The van der Waals surface area contributed by atoms with Crippen molar-refractivity contribution in [3.63, 3.8) is 0 Å². The van der Waals surface area contributed by atoms with E-state index < -0.39 is 0 Å². The maximum atomic E-state index is 6.08. The molecule has 4 nitrogen and oxygen atoms in total. The van der Waals surface area contributed by atoms with E-state index in [2.05, 4.69) is 28.8 Å². The molecule has 2 heterocycles. The van der Waals surface area contributed by atoms with Crippen molar-refractivity contribution in [2.75, 3.05) is 7.11 Å². The van der Waals surface area contributed by atoms with Crippen LogP contribution in [0.5, 0.6) is 23.0 Å². The van der Waals surface area contributed by atoms with Crippen LogP contribution in [0.25, 0.3) is 16.3 Å². The van der Waals surface area contributed by atoms with E-state index in [-0.39, 0.29) is 0 Å². The molecule has 3 aromatic carbocycles. The van der Waals surface area contributed by atoms with E-state index in [0.29, 0.717) is 6.61 Å². The van der Waals surface area contributed by atoms with Gasteiger partial charge in [0.25, 0.3) is 5.52 Å². The predicted molar refractivity (Wildman–Crippen MR) is 121 cm³/mol. The quantitative estimate of drug-likeness (QED) is 0.257. The predicted octanol–water partition coefficient (Wildman–Crippen LogP) is 5.96. The number of benzene rings is 3. The zero-order chi connectivity index (χ0) is 21.0. The summed E-state index contributed by atoms with van der Waals surface area (Å²) in [6, 6.07) is 29.9. The highest BCUT2D eigenvalue weighted by Crippen LogP contribution is 2.26. The fraction of sp³-hybridized carbons (Fsp3) is 0.0741. The first-order valence-electron chi connectivity index (χ1n) is 10.1. The van der Waals surface area contributed by atoms with Gasteiger partial charge in [-0.1, -0.05) is 30.3 Å². The molecule has 0 bridgehead atoms. The van der Waals surface area contributed by atoms with Gasteiger partial charge in [0.15, 0.2) is 18.1 Å². The van der Waals surface area contributed by atoms with Crippen LogP contribution in [0.3, 0.4) is 0 Å². The lowest BCUT2D eigenvalue weighted by Gasteiger charge is -2.10. The molecule has 152 valence electrons. The first-order chi connectivity index (χ1) is 15.3. The maximum absolute atomic E-state index is 6.08. The summed E-state index contributed by atoms with van der Waals surface area (Å²) in [4.78, 5) is 0. The normalized spacial score (nSPS) is 10.9. The van der Waals surface area contributed by atoms with Crippen LogP contribution in [0.1, 0.15) is 5.56 Å². The smallest absolute Gasteiger partial charge is 0.253 e. The maximum Gasteiger partial charge on any atom is 0.253 e. The van der Waals surface area contributed by atoms with Crippen molar-refractivity contribution in [1.29, 1.82) is 0 Å². The monoisotopic (exact) mass is 408 g/mol. The summed E-state index contributed by atoms with van der Waals surface area (Å²) in [5, 5.41) is 2.24. The minimum Gasteiger partial charge on any atom is -0.490 e. The van der Waals surface area contributed by atoms with Crippen molar-refractivity contribution in [2.45, 2.75) is 6.61 Å². The van der Waals surface area contributed by atoms with E-state index >= 15 is 0 Å². The third kappa shape index (κ3) is 4.14. The average Bonchev–Trinajstić information content (AvgIpc) is 2.82. The van der Waals surface area contributed by atoms with Gasteiger partial charge in [-0.25, -0.2) is 0 Å². The van der Waals surface area contributed by atoms with Crippen molar-refractivity contribution in [3.05, 3.63) is 109 Å². The van der Waals surface area contributed by atoms with E-state index in [1.54, 1.807) is 7.11 Å². The number of nitrogens with zero attached hydrogens (tertiary/aromatic N) is 1. The van der Waals surface area contributed by atoms with E-state index in [0.717, 1.165) is 44.9 Å². The Bertz CT molecular complexity index is 1350. The van der Waals surface area contributed by atoms with Crippen LogP contribution in [-0.4, -0.2) is 7.11 Å². The van der Waals surface area contributed by atoms with Crippen LogP contribution in [0.2, 0.25) is 0 Å². The fourth-order valence-electron chi connectivity index (χ4n) is 3.62. The summed E-state index contributed by atoms with van der Waals surface area (Å²) in [6.45, 7) is 0.461. The van der Waals surface area contributed by atoms with Gasteiger partial charge in [0, 0.05) is 17.5 Å². The summed E-state index contributed by atoms with van der Waals surface area (Å²) in [7, 11) is 1.69. The van der Waals surface area contributed by atoms with Crippen molar-refractivity contribution in [3.8, 4) is 23.0 Å². The zero-order valence-corrected chi connectivity index (χ0v) is 17.2. The molecule has 0 fully saturated rings. The number of methoxy groups -OCH3 is 1. The second-order valence-corrected chi connectivity index (χ2v) is 7.28. The molecule has 0 spiro atoms. The second-order valence-electron chi connectivity index (χ2n) is 7.28. The molecule has 0 saturated heterocycles. The Hall–Kier alpha value is -4.05. The van der Waals surface area contributed by atoms with Gasteiger partial charge in [-0.2, -0.15) is 4.40 Å².